The number of carbonyl (C=O) groups is 2. The third-order valence-electron chi connectivity index (χ3n) is 2.59. The molecule has 0 saturated heterocycles. The molecule has 0 N–H and O–H groups in total. The molecule has 0 saturated carbocycles. The lowest BCUT2D eigenvalue weighted by molar-refractivity contribution is -0.150. The third kappa shape index (κ3) is 9.02. The average molecular weight is 258 g/mol. The van der Waals surface area contributed by atoms with Crippen molar-refractivity contribution in [2.45, 2.75) is 71.8 Å². The summed E-state index contributed by atoms with van der Waals surface area (Å²) in [5.74, 6) is -0.449. The smallest absolute Gasteiger partial charge is 0.306 e. The molecule has 0 aromatic heterocycles. The maximum Gasteiger partial charge on any atom is 0.306 e. The summed E-state index contributed by atoms with van der Waals surface area (Å²) in [5, 5.41) is 0. The van der Waals surface area contributed by atoms with Crippen LogP contribution in [0.25, 0.3) is 0 Å². The van der Waals surface area contributed by atoms with Gasteiger partial charge in [-0.3, -0.25) is 9.59 Å². The standard InChI is InChI=1S/C14H26O4/c1-4-8-12(9-5-2)18-14(16)11-7-10-13(15)17-6-3/h12H,4-11H2,1-3H3. The Hall–Kier alpha value is -1.06. The number of hydrogen-bond acceptors (Lipinski definition) is 4. The lowest BCUT2D eigenvalue weighted by Crippen LogP contribution is -2.18. The molecular weight excluding hydrogens is 232 g/mol. The van der Waals surface area contributed by atoms with Crippen LogP contribution in [-0.4, -0.2) is 24.6 Å². The van der Waals surface area contributed by atoms with Crippen LogP contribution in [0.2, 0.25) is 0 Å². The Labute approximate surface area is 110 Å². The van der Waals surface area contributed by atoms with Gasteiger partial charge in [-0.25, -0.2) is 0 Å². The Balaban J connectivity index is 3.76. The minimum Gasteiger partial charge on any atom is -0.466 e. The molecule has 0 radical (unpaired) electrons. The zero-order valence-electron chi connectivity index (χ0n) is 11.9. The van der Waals surface area contributed by atoms with Crippen molar-refractivity contribution in [3.05, 3.63) is 0 Å². The molecule has 0 aromatic carbocycles. The summed E-state index contributed by atoms with van der Waals surface area (Å²) in [7, 11) is 0. The van der Waals surface area contributed by atoms with Gasteiger partial charge in [0.2, 0.25) is 0 Å². The summed E-state index contributed by atoms with van der Waals surface area (Å²) < 4.78 is 10.2. The molecule has 0 rings (SSSR count). The predicted octanol–water partition coefficient (Wildman–Crippen LogP) is 3.23. The molecule has 0 aliphatic rings. The highest BCUT2D eigenvalue weighted by Crippen LogP contribution is 2.11. The van der Waals surface area contributed by atoms with Crippen LogP contribution in [0.1, 0.15) is 65.7 Å². The normalized spacial score (nSPS) is 10.4. The SMILES string of the molecule is CCCC(CCC)OC(=O)CCCC(=O)OCC. The summed E-state index contributed by atoms with van der Waals surface area (Å²) in [6, 6.07) is 0. The molecule has 0 spiro atoms. The monoisotopic (exact) mass is 258 g/mol. The van der Waals surface area contributed by atoms with Crippen molar-refractivity contribution in [2.24, 2.45) is 0 Å². The maximum atomic E-state index is 11.6. The van der Waals surface area contributed by atoms with E-state index in [2.05, 4.69) is 13.8 Å². The van der Waals surface area contributed by atoms with E-state index in [9.17, 15) is 9.59 Å². The second-order valence-corrected chi connectivity index (χ2v) is 4.35. The fourth-order valence-electron chi connectivity index (χ4n) is 1.76. The van der Waals surface area contributed by atoms with Gasteiger partial charge < -0.3 is 9.47 Å². The number of carbonyl (C=O) groups excluding carboxylic acids is 2. The number of esters is 2. The van der Waals surface area contributed by atoms with Crippen LogP contribution in [0.15, 0.2) is 0 Å². The Morgan fingerprint density at radius 3 is 2.00 bits per heavy atom. The van der Waals surface area contributed by atoms with Gasteiger partial charge >= 0.3 is 11.9 Å². The first kappa shape index (κ1) is 16.9. The summed E-state index contributed by atoms with van der Waals surface area (Å²) in [5.41, 5.74) is 0. The molecule has 4 heteroatoms. The summed E-state index contributed by atoms with van der Waals surface area (Å²) in [4.78, 5) is 22.6. The van der Waals surface area contributed by atoms with Gasteiger partial charge in [-0.1, -0.05) is 26.7 Å². The van der Waals surface area contributed by atoms with Crippen molar-refractivity contribution >= 4 is 11.9 Å². The lowest BCUT2D eigenvalue weighted by atomic mass is 10.1. The molecule has 0 unspecified atom stereocenters. The second kappa shape index (κ2) is 11.1. The van der Waals surface area contributed by atoms with E-state index in [4.69, 9.17) is 9.47 Å². The fraction of sp³-hybridized carbons (Fsp3) is 0.857. The van der Waals surface area contributed by atoms with Crippen molar-refractivity contribution < 1.29 is 19.1 Å². The highest BCUT2D eigenvalue weighted by molar-refractivity contribution is 5.72. The zero-order chi connectivity index (χ0) is 13.8. The molecule has 0 atom stereocenters. The molecule has 0 fully saturated rings. The van der Waals surface area contributed by atoms with Gasteiger partial charge in [-0.2, -0.15) is 0 Å². The molecule has 0 aliphatic carbocycles. The highest BCUT2D eigenvalue weighted by atomic mass is 16.5. The maximum absolute atomic E-state index is 11.6. The van der Waals surface area contributed by atoms with Gasteiger partial charge in [0.1, 0.15) is 6.10 Å². The van der Waals surface area contributed by atoms with Gasteiger partial charge in [0, 0.05) is 12.8 Å². The van der Waals surface area contributed by atoms with Crippen LogP contribution < -0.4 is 0 Å². The first-order chi connectivity index (χ1) is 8.63. The van der Waals surface area contributed by atoms with Crippen LogP contribution in [-0.2, 0) is 19.1 Å². The Bertz CT molecular complexity index is 232. The number of rotatable bonds is 10. The van der Waals surface area contributed by atoms with E-state index in [1.54, 1.807) is 6.92 Å². The first-order valence-corrected chi connectivity index (χ1v) is 6.99. The Morgan fingerprint density at radius 2 is 1.50 bits per heavy atom. The van der Waals surface area contributed by atoms with Crippen LogP contribution in [0.3, 0.4) is 0 Å². The third-order valence-corrected chi connectivity index (χ3v) is 2.59. The Morgan fingerprint density at radius 1 is 0.944 bits per heavy atom. The van der Waals surface area contributed by atoms with Crippen LogP contribution in [0, 0.1) is 0 Å². The van der Waals surface area contributed by atoms with E-state index >= 15 is 0 Å². The average Bonchev–Trinajstić information content (AvgIpc) is 2.30. The van der Waals surface area contributed by atoms with Gasteiger partial charge in [-0.05, 0) is 26.2 Å². The molecule has 0 amide bonds. The van der Waals surface area contributed by atoms with Crippen molar-refractivity contribution in [3.63, 3.8) is 0 Å². The molecule has 0 aliphatic heterocycles. The van der Waals surface area contributed by atoms with Crippen molar-refractivity contribution in [2.75, 3.05) is 6.61 Å². The summed E-state index contributed by atoms with van der Waals surface area (Å²) in [6.45, 7) is 6.32. The van der Waals surface area contributed by atoms with Gasteiger partial charge in [0.15, 0.2) is 0 Å². The molecule has 4 nitrogen and oxygen atoms in total. The minimum absolute atomic E-state index is 0.0371. The van der Waals surface area contributed by atoms with E-state index < -0.39 is 0 Å². The van der Waals surface area contributed by atoms with E-state index in [1.807, 2.05) is 0 Å². The molecule has 0 heterocycles. The molecule has 106 valence electrons. The van der Waals surface area contributed by atoms with Gasteiger partial charge in [0.25, 0.3) is 0 Å². The van der Waals surface area contributed by atoms with Crippen molar-refractivity contribution in [1.82, 2.24) is 0 Å². The van der Waals surface area contributed by atoms with Gasteiger partial charge in [0.05, 0.1) is 6.61 Å². The largest absolute Gasteiger partial charge is 0.466 e. The molecular formula is C14H26O4. The van der Waals surface area contributed by atoms with E-state index in [1.165, 1.54) is 0 Å². The van der Waals surface area contributed by atoms with Crippen LogP contribution in [0.5, 0.6) is 0 Å². The lowest BCUT2D eigenvalue weighted by Gasteiger charge is -2.16. The predicted molar refractivity (Wildman–Crippen MR) is 70.2 cm³/mol. The highest BCUT2D eigenvalue weighted by Gasteiger charge is 2.13. The molecule has 18 heavy (non-hydrogen) atoms. The van der Waals surface area contributed by atoms with Crippen molar-refractivity contribution in [3.8, 4) is 0 Å². The van der Waals surface area contributed by atoms with Crippen LogP contribution >= 0.6 is 0 Å². The summed E-state index contributed by atoms with van der Waals surface area (Å²) in [6.07, 6.45) is 4.98. The van der Waals surface area contributed by atoms with E-state index in [-0.39, 0.29) is 24.5 Å². The number of hydrogen-bond donors (Lipinski definition) is 0. The fourth-order valence-corrected chi connectivity index (χ4v) is 1.76. The number of ether oxygens (including phenoxy) is 2. The Kier molecular flexibility index (Phi) is 10.4. The van der Waals surface area contributed by atoms with E-state index in [0.29, 0.717) is 19.4 Å². The van der Waals surface area contributed by atoms with Crippen LogP contribution in [0.4, 0.5) is 0 Å². The quantitative estimate of drug-likeness (QED) is 0.564. The first-order valence-electron chi connectivity index (χ1n) is 6.99. The van der Waals surface area contributed by atoms with E-state index in [0.717, 1.165) is 25.7 Å². The summed E-state index contributed by atoms with van der Waals surface area (Å²) >= 11 is 0. The molecule has 0 aromatic rings. The minimum atomic E-state index is -0.246. The second-order valence-electron chi connectivity index (χ2n) is 4.35. The zero-order valence-corrected chi connectivity index (χ0v) is 11.9. The topological polar surface area (TPSA) is 52.6 Å². The molecule has 0 bridgehead atoms. The van der Waals surface area contributed by atoms with Crippen molar-refractivity contribution in [1.29, 1.82) is 0 Å². The van der Waals surface area contributed by atoms with Gasteiger partial charge in [-0.15, -0.1) is 0 Å².